The van der Waals surface area contributed by atoms with E-state index in [2.05, 4.69) is 31.9 Å². The topological polar surface area (TPSA) is 29.5 Å². The zero-order chi connectivity index (χ0) is 15.2. The number of hydrogen-bond donors (Lipinski definition) is 0. The molecule has 0 spiro atoms. The number of carbonyl (C=O) groups excluding carboxylic acids is 1. The molecule has 0 radical (unpaired) electrons. The predicted molar refractivity (Wildman–Crippen MR) is 89.0 cm³/mol. The molecule has 0 N–H and O–H groups in total. The fourth-order valence-electron chi connectivity index (χ4n) is 1.54. The van der Waals surface area contributed by atoms with Gasteiger partial charge < -0.3 is 4.74 Å². The second kappa shape index (κ2) is 7.84. The fourth-order valence-corrected chi connectivity index (χ4v) is 2.04. The highest BCUT2D eigenvalue weighted by Crippen LogP contribution is 2.17. The van der Waals surface area contributed by atoms with Crippen LogP contribution in [0, 0.1) is 0 Å². The predicted octanol–water partition coefficient (Wildman–Crippen LogP) is 5.05. The molecular weight excluding hydrogens is 386 g/mol. The molecule has 0 aliphatic rings. The van der Waals surface area contributed by atoms with Crippen molar-refractivity contribution in [2.24, 2.45) is 0 Å². The van der Waals surface area contributed by atoms with Gasteiger partial charge in [-0.2, -0.15) is 0 Å². The van der Waals surface area contributed by atoms with Gasteiger partial charge in [0.05, 0.1) is 3.39 Å². The van der Waals surface area contributed by atoms with Crippen molar-refractivity contribution >= 4 is 38.0 Å². The summed E-state index contributed by atoms with van der Waals surface area (Å²) in [5.74, 6) is 0. The van der Waals surface area contributed by atoms with Crippen LogP contribution in [0.5, 0.6) is 0 Å². The lowest BCUT2D eigenvalue weighted by Crippen LogP contribution is -2.34. The standard InChI is InChI=1S/C15H19Br2NO2/c1-15(2,3)20-14(19)18(11-13(16)17)10-9-12-7-5-4-6-8-12/h4-8,11H,9-10H2,1-3H3. The van der Waals surface area contributed by atoms with Crippen molar-refractivity contribution in [2.75, 3.05) is 6.54 Å². The van der Waals surface area contributed by atoms with Crippen LogP contribution in [-0.4, -0.2) is 23.1 Å². The van der Waals surface area contributed by atoms with E-state index in [9.17, 15) is 4.79 Å². The van der Waals surface area contributed by atoms with E-state index in [-0.39, 0.29) is 6.09 Å². The minimum atomic E-state index is -0.505. The molecule has 1 aromatic rings. The second-order valence-electron chi connectivity index (χ2n) is 5.33. The lowest BCUT2D eigenvalue weighted by molar-refractivity contribution is 0.0337. The number of benzene rings is 1. The Hall–Kier alpha value is -0.810. The van der Waals surface area contributed by atoms with E-state index in [1.165, 1.54) is 5.56 Å². The van der Waals surface area contributed by atoms with Crippen LogP contribution in [0.15, 0.2) is 39.9 Å². The van der Waals surface area contributed by atoms with E-state index in [0.717, 1.165) is 6.42 Å². The average Bonchev–Trinajstić information content (AvgIpc) is 2.33. The molecule has 110 valence electrons. The number of carbonyl (C=O) groups is 1. The van der Waals surface area contributed by atoms with Crippen molar-refractivity contribution in [1.82, 2.24) is 4.90 Å². The van der Waals surface area contributed by atoms with E-state index < -0.39 is 5.60 Å². The van der Waals surface area contributed by atoms with Crippen molar-refractivity contribution in [3.63, 3.8) is 0 Å². The Morgan fingerprint density at radius 3 is 2.35 bits per heavy atom. The van der Waals surface area contributed by atoms with Crippen molar-refractivity contribution in [3.8, 4) is 0 Å². The van der Waals surface area contributed by atoms with E-state index in [1.54, 1.807) is 11.1 Å². The summed E-state index contributed by atoms with van der Waals surface area (Å²) in [4.78, 5) is 13.7. The zero-order valence-corrected chi connectivity index (χ0v) is 15.1. The Morgan fingerprint density at radius 1 is 1.25 bits per heavy atom. The Bertz CT molecular complexity index is 463. The Balaban J connectivity index is 2.70. The third-order valence-electron chi connectivity index (χ3n) is 2.37. The number of hydrogen-bond acceptors (Lipinski definition) is 2. The first-order valence-corrected chi connectivity index (χ1v) is 7.93. The molecule has 0 bridgehead atoms. The summed E-state index contributed by atoms with van der Waals surface area (Å²) in [7, 11) is 0. The smallest absolute Gasteiger partial charge is 0.414 e. The molecule has 0 saturated heterocycles. The molecule has 0 fully saturated rings. The van der Waals surface area contributed by atoms with Gasteiger partial charge in [-0.25, -0.2) is 4.79 Å². The molecule has 0 aromatic heterocycles. The highest BCUT2D eigenvalue weighted by Gasteiger charge is 2.21. The maximum Gasteiger partial charge on any atom is 0.414 e. The van der Waals surface area contributed by atoms with Gasteiger partial charge in [-0.05, 0) is 64.6 Å². The van der Waals surface area contributed by atoms with E-state index >= 15 is 0 Å². The van der Waals surface area contributed by atoms with Gasteiger partial charge in [0, 0.05) is 12.7 Å². The zero-order valence-electron chi connectivity index (χ0n) is 11.9. The van der Waals surface area contributed by atoms with Crippen LogP contribution in [0.2, 0.25) is 0 Å². The minimum Gasteiger partial charge on any atom is -0.443 e. The van der Waals surface area contributed by atoms with Gasteiger partial charge in [0.2, 0.25) is 0 Å². The Morgan fingerprint density at radius 2 is 1.85 bits per heavy atom. The summed E-state index contributed by atoms with van der Waals surface area (Å²) in [6, 6.07) is 10.0. The first-order chi connectivity index (χ1) is 9.28. The van der Waals surface area contributed by atoms with Gasteiger partial charge >= 0.3 is 6.09 Å². The van der Waals surface area contributed by atoms with Crippen LogP contribution in [0.3, 0.4) is 0 Å². The summed E-state index contributed by atoms with van der Waals surface area (Å²) in [6.07, 6.45) is 2.09. The molecule has 0 unspecified atom stereocenters. The Kier molecular flexibility index (Phi) is 6.76. The molecule has 0 saturated carbocycles. The summed E-state index contributed by atoms with van der Waals surface area (Å²) in [6.45, 7) is 6.12. The molecule has 0 aliphatic heterocycles. The molecule has 3 nitrogen and oxygen atoms in total. The van der Waals surface area contributed by atoms with Crippen molar-refractivity contribution < 1.29 is 9.53 Å². The largest absolute Gasteiger partial charge is 0.443 e. The molecule has 0 aliphatic carbocycles. The van der Waals surface area contributed by atoms with Crippen LogP contribution < -0.4 is 0 Å². The molecule has 1 rings (SSSR count). The number of rotatable bonds is 4. The van der Waals surface area contributed by atoms with Gasteiger partial charge in [-0.15, -0.1) is 0 Å². The van der Waals surface area contributed by atoms with E-state index in [4.69, 9.17) is 4.74 Å². The van der Waals surface area contributed by atoms with Crippen LogP contribution >= 0.6 is 31.9 Å². The summed E-state index contributed by atoms with van der Waals surface area (Å²) >= 11 is 6.56. The summed E-state index contributed by atoms with van der Waals surface area (Å²) in [5, 5.41) is 0. The van der Waals surface area contributed by atoms with E-state index in [1.807, 2.05) is 51.1 Å². The van der Waals surface area contributed by atoms with Gasteiger partial charge in [-0.1, -0.05) is 30.3 Å². The molecule has 5 heteroatoms. The summed E-state index contributed by atoms with van der Waals surface area (Å²) in [5.41, 5.74) is 0.675. The highest BCUT2D eigenvalue weighted by atomic mass is 79.9. The van der Waals surface area contributed by atoms with Gasteiger partial charge in [0.1, 0.15) is 5.60 Å². The van der Waals surface area contributed by atoms with Crippen LogP contribution in [0.1, 0.15) is 26.3 Å². The maximum absolute atomic E-state index is 12.1. The number of nitrogens with zero attached hydrogens (tertiary/aromatic N) is 1. The van der Waals surface area contributed by atoms with Crippen molar-refractivity contribution in [3.05, 3.63) is 45.5 Å². The van der Waals surface area contributed by atoms with Gasteiger partial charge in [0.15, 0.2) is 0 Å². The molecule has 20 heavy (non-hydrogen) atoms. The quantitative estimate of drug-likeness (QED) is 0.702. The first-order valence-electron chi connectivity index (χ1n) is 6.34. The SMILES string of the molecule is CC(C)(C)OC(=O)N(C=C(Br)Br)CCc1ccccc1. The monoisotopic (exact) mass is 403 g/mol. The van der Waals surface area contributed by atoms with E-state index in [0.29, 0.717) is 9.94 Å². The van der Waals surface area contributed by atoms with Crippen molar-refractivity contribution in [2.45, 2.75) is 32.8 Å². The first kappa shape index (κ1) is 17.2. The van der Waals surface area contributed by atoms with Crippen molar-refractivity contribution in [1.29, 1.82) is 0 Å². The lowest BCUT2D eigenvalue weighted by Gasteiger charge is -2.25. The highest BCUT2D eigenvalue weighted by molar-refractivity contribution is 9.28. The number of ether oxygens (including phenoxy) is 1. The number of amides is 1. The Labute approximate surface area is 137 Å². The van der Waals surface area contributed by atoms with Crippen LogP contribution in [-0.2, 0) is 11.2 Å². The normalized spacial score (nSPS) is 10.8. The average molecular weight is 405 g/mol. The van der Waals surface area contributed by atoms with Gasteiger partial charge in [0.25, 0.3) is 0 Å². The molecular formula is C15H19Br2NO2. The molecule has 0 heterocycles. The lowest BCUT2D eigenvalue weighted by atomic mass is 10.1. The molecule has 1 amide bonds. The van der Waals surface area contributed by atoms with Crippen LogP contribution in [0.25, 0.3) is 0 Å². The third kappa shape index (κ3) is 7.10. The molecule has 0 atom stereocenters. The fraction of sp³-hybridized carbons (Fsp3) is 0.400. The summed E-state index contributed by atoms with van der Waals surface area (Å²) < 4.78 is 6.09. The number of halogens is 2. The maximum atomic E-state index is 12.1. The van der Waals surface area contributed by atoms with Crippen LogP contribution in [0.4, 0.5) is 4.79 Å². The third-order valence-corrected chi connectivity index (χ3v) is 2.78. The second-order valence-corrected chi connectivity index (χ2v) is 8.10. The molecule has 1 aromatic carbocycles. The van der Waals surface area contributed by atoms with Gasteiger partial charge in [-0.3, -0.25) is 4.90 Å². The minimum absolute atomic E-state index is 0.357.